The minimum absolute atomic E-state index is 0.115. The molecule has 1 fully saturated rings. The summed E-state index contributed by atoms with van der Waals surface area (Å²) >= 11 is 0. The molecule has 0 unspecified atom stereocenters. The van der Waals surface area contributed by atoms with Gasteiger partial charge < -0.3 is 10.7 Å². The third kappa shape index (κ3) is 2.29. The molecule has 20 heavy (non-hydrogen) atoms. The Hall–Kier alpha value is -1.53. The van der Waals surface area contributed by atoms with Crippen LogP contribution in [0.15, 0.2) is 29.3 Å². The summed E-state index contributed by atoms with van der Waals surface area (Å²) in [5, 5.41) is 0.672. The number of anilines is 1. The molecule has 0 saturated heterocycles. The van der Waals surface area contributed by atoms with E-state index in [2.05, 4.69) is 16.6 Å². The van der Waals surface area contributed by atoms with Crippen LogP contribution in [0.5, 0.6) is 0 Å². The highest BCUT2D eigenvalue weighted by atomic mass is 32.2. The number of rotatable bonds is 4. The van der Waals surface area contributed by atoms with Crippen molar-refractivity contribution < 1.29 is 8.42 Å². The number of sulfonamides is 1. The maximum absolute atomic E-state index is 12.4. The van der Waals surface area contributed by atoms with E-state index >= 15 is 0 Å². The summed E-state index contributed by atoms with van der Waals surface area (Å²) in [5.41, 5.74) is 7.16. The van der Waals surface area contributed by atoms with Gasteiger partial charge in [-0.05, 0) is 36.5 Å². The molecule has 1 aromatic heterocycles. The lowest BCUT2D eigenvalue weighted by Gasteiger charge is -2.38. The van der Waals surface area contributed by atoms with E-state index in [4.69, 9.17) is 5.73 Å². The fourth-order valence-electron chi connectivity index (χ4n) is 2.64. The predicted molar refractivity (Wildman–Crippen MR) is 79.9 cm³/mol. The first-order valence-corrected chi connectivity index (χ1v) is 8.24. The molecular weight excluding hydrogens is 274 g/mol. The molecule has 1 heterocycles. The monoisotopic (exact) mass is 293 g/mol. The van der Waals surface area contributed by atoms with Crippen molar-refractivity contribution in [2.75, 3.05) is 12.3 Å². The van der Waals surface area contributed by atoms with E-state index in [1.54, 1.807) is 18.2 Å². The van der Waals surface area contributed by atoms with E-state index in [1.165, 1.54) is 12.6 Å². The van der Waals surface area contributed by atoms with E-state index in [0.717, 1.165) is 18.4 Å². The van der Waals surface area contributed by atoms with E-state index in [9.17, 15) is 8.42 Å². The molecular formula is C14H19N3O2S. The van der Waals surface area contributed by atoms with Gasteiger partial charge in [0.1, 0.15) is 4.90 Å². The zero-order valence-corrected chi connectivity index (χ0v) is 12.3. The Bertz CT molecular complexity index is 745. The number of aromatic amines is 1. The molecule has 3 rings (SSSR count). The summed E-state index contributed by atoms with van der Waals surface area (Å²) < 4.78 is 27.6. The van der Waals surface area contributed by atoms with Gasteiger partial charge in [-0.25, -0.2) is 13.1 Å². The van der Waals surface area contributed by atoms with Gasteiger partial charge in [0.15, 0.2) is 0 Å². The second-order valence-corrected chi connectivity index (χ2v) is 7.68. The zero-order chi connectivity index (χ0) is 14.4. The zero-order valence-electron chi connectivity index (χ0n) is 11.4. The third-order valence-corrected chi connectivity index (χ3v) is 5.65. The van der Waals surface area contributed by atoms with Crippen molar-refractivity contribution in [1.29, 1.82) is 0 Å². The summed E-state index contributed by atoms with van der Waals surface area (Å²) in [6.07, 6.45) is 4.88. The quantitative estimate of drug-likeness (QED) is 0.755. The van der Waals surface area contributed by atoms with Gasteiger partial charge in [0, 0.05) is 29.3 Å². The van der Waals surface area contributed by atoms with Crippen molar-refractivity contribution in [2.24, 2.45) is 5.41 Å². The lowest BCUT2D eigenvalue weighted by atomic mass is 9.71. The topological polar surface area (TPSA) is 88.0 Å². The summed E-state index contributed by atoms with van der Waals surface area (Å²) in [4.78, 5) is 3.25. The van der Waals surface area contributed by atoms with Gasteiger partial charge in [0.25, 0.3) is 0 Å². The van der Waals surface area contributed by atoms with E-state index < -0.39 is 10.0 Å². The molecule has 6 heteroatoms. The van der Waals surface area contributed by atoms with Crippen LogP contribution in [0.4, 0.5) is 5.69 Å². The predicted octanol–water partition coefficient (Wildman–Crippen LogP) is 2.22. The molecule has 0 amide bonds. The number of aromatic nitrogens is 1. The van der Waals surface area contributed by atoms with Crippen molar-refractivity contribution in [3.63, 3.8) is 0 Å². The highest BCUT2D eigenvalue weighted by Gasteiger charge is 2.33. The Morgan fingerprint density at radius 1 is 1.40 bits per heavy atom. The van der Waals surface area contributed by atoms with Gasteiger partial charge in [0.2, 0.25) is 10.0 Å². The number of benzene rings is 1. The molecule has 4 N–H and O–H groups in total. The minimum atomic E-state index is -3.49. The summed E-state index contributed by atoms with van der Waals surface area (Å²) in [7, 11) is -3.49. The van der Waals surface area contributed by atoms with Gasteiger partial charge in [-0.3, -0.25) is 0 Å². The van der Waals surface area contributed by atoms with Crippen LogP contribution >= 0.6 is 0 Å². The van der Waals surface area contributed by atoms with Crippen LogP contribution < -0.4 is 10.5 Å². The van der Waals surface area contributed by atoms with E-state index in [1.807, 2.05) is 0 Å². The highest BCUT2D eigenvalue weighted by Crippen LogP contribution is 2.39. The third-order valence-electron chi connectivity index (χ3n) is 4.21. The first-order valence-electron chi connectivity index (χ1n) is 6.76. The Balaban J connectivity index is 1.89. The average molecular weight is 293 g/mol. The molecule has 5 nitrogen and oxygen atoms in total. The van der Waals surface area contributed by atoms with Crippen molar-refractivity contribution in [3.8, 4) is 0 Å². The summed E-state index contributed by atoms with van der Waals surface area (Å²) in [5.74, 6) is 0. The maximum atomic E-state index is 12.4. The van der Waals surface area contributed by atoms with Crippen molar-refractivity contribution in [1.82, 2.24) is 9.71 Å². The number of nitrogens with one attached hydrogen (secondary N) is 2. The number of nitrogens with two attached hydrogens (primary N) is 1. The van der Waals surface area contributed by atoms with Crippen molar-refractivity contribution >= 4 is 26.6 Å². The number of fused-ring (bicyclic) bond motifs is 1. The molecule has 1 aliphatic carbocycles. The van der Waals surface area contributed by atoms with Gasteiger partial charge >= 0.3 is 0 Å². The van der Waals surface area contributed by atoms with Crippen LogP contribution in [0.3, 0.4) is 0 Å². The number of hydrogen-bond donors (Lipinski definition) is 3. The molecule has 0 spiro atoms. The first kappa shape index (κ1) is 13.5. The molecule has 1 aliphatic rings. The van der Waals surface area contributed by atoms with E-state index in [0.29, 0.717) is 17.6 Å². The van der Waals surface area contributed by atoms with Gasteiger partial charge in [-0.15, -0.1) is 0 Å². The van der Waals surface area contributed by atoms with Crippen molar-refractivity contribution in [2.45, 2.75) is 31.1 Å². The standard InChI is InChI=1S/C14H19N3O2S/c1-14(5-2-6-14)9-17-20(18,19)13-8-16-12-7-10(15)3-4-11(12)13/h3-4,7-8,16-17H,2,5-6,9,15H2,1H3. The Labute approximate surface area is 118 Å². The second kappa shape index (κ2) is 4.49. The van der Waals surface area contributed by atoms with E-state index in [-0.39, 0.29) is 10.3 Å². The van der Waals surface area contributed by atoms with Gasteiger partial charge in [-0.2, -0.15) is 0 Å². The fourth-order valence-corrected chi connectivity index (χ4v) is 4.02. The Morgan fingerprint density at radius 3 is 2.80 bits per heavy atom. The molecule has 0 atom stereocenters. The molecule has 1 saturated carbocycles. The Kier molecular flexibility index (Phi) is 3.02. The minimum Gasteiger partial charge on any atom is -0.399 e. The summed E-state index contributed by atoms with van der Waals surface area (Å²) in [6.45, 7) is 2.62. The van der Waals surface area contributed by atoms with Crippen LogP contribution in [0.2, 0.25) is 0 Å². The maximum Gasteiger partial charge on any atom is 0.242 e. The molecule has 1 aromatic carbocycles. The Morgan fingerprint density at radius 2 is 2.15 bits per heavy atom. The van der Waals surface area contributed by atoms with Crippen LogP contribution in [0.25, 0.3) is 10.9 Å². The lowest BCUT2D eigenvalue weighted by Crippen LogP contribution is -2.39. The molecule has 108 valence electrons. The first-order chi connectivity index (χ1) is 9.40. The fraction of sp³-hybridized carbons (Fsp3) is 0.429. The average Bonchev–Trinajstić information content (AvgIpc) is 2.77. The number of H-pyrrole nitrogens is 1. The summed E-state index contributed by atoms with van der Waals surface area (Å²) in [6, 6.07) is 5.19. The number of hydrogen-bond acceptors (Lipinski definition) is 3. The van der Waals surface area contributed by atoms with Crippen molar-refractivity contribution in [3.05, 3.63) is 24.4 Å². The smallest absolute Gasteiger partial charge is 0.242 e. The molecule has 0 radical (unpaired) electrons. The van der Waals surface area contributed by atoms with Gasteiger partial charge in [-0.1, -0.05) is 13.3 Å². The largest absolute Gasteiger partial charge is 0.399 e. The highest BCUT2D eigenvalue weighted by molar-refractivity contribution is 7.89. The number of nitrogen functional groups attached to an aromatic ring is 1. The van der Waals surface area contributed by atoms with Gasteiger partial charge in [0.05, 0.1) is 0 Å². The van der Waals surface area contributed by atoms with Crippen LogP contribution in [0.1, 0.15) is 26.2 Å². The van der Waals surface area contributed by atoms with Crippen LogP contribution in [-0.2, 0) is 10.0 Å². The molecule has 0 aliphatic heterocycles. The lowest BCUT2D eigenvalue weighted by molar-refractivity contribution is 0.166. The van der Waals surface area contributed by atoms with Crippen LogP contribution in [0, 0.1) is 5.41 Å². The SMILES string of the molecule is CC1(CNS(=O)(=O)c2c[nH]c3cc(N)ccc23)CCC1. The normalized spacial score (nSPS) is 18.1. The molecule has 2 aromatic rings. The van der Waals surface area contributed by atoms with Crippen LogP contribution in [-0.4, -0.2) is 19.9 Å². The molecule has 0 bridgehead atoms. The second-order valence-electron chi connectivity index (χ2n) is 5.95.